The third kappa shape index (κ3) is 7.19. The van der Waals surface area contributed by atoms with E-state index in [1.54, 1.807) is 6.08 Å². The highest BCUT2D eigenvalue weighted by Gasteiger charge is 1.95. The molecule has 0 bridgehead atoms. The summed E-state index contributed by atoms with van der Waals surface area (Å²) in [7, 11) is 0. The Morgan fingerprint density at radius 3 is 3.09 bits per heavy atom. The van der Waals surface area contributed by atoms with Gasteiger partial charge in [0.15, 0.2) is 6.61 Å². The molecule has 0 aliphatic heterocycles. The van der Waals surface area contributed by atoms with E-state index in [2.05, 4.69) is 26.5 Å². The van der Waals surface area contributed by atoms with Crippen molar-refractivity contribution in [3.8, 4) is 9.85 Å². The van der Waals surface area contributed by atoms with Crippen LogP contribution in [0.15, 0.2) is 12.7 Å². The topological polar surface area (TPSA) is 38.3 Å². The lowest BCUT2D eigenvalue weighted by Gasteiger charge is -1.99. The van der Waals surface area contributed by atoms with E-state index in [0.717, 1.165) is 0 Å². The van der Waals surface area contributed by atoms with Gasteiger partial charge in [-0.05, 0) is 3.93 Å². The summed E-state index contributed by atoms with van der Waals surface area (Å²) >= 11 is 1.87. The first-order valence-corrected chi connectivity index (χ1v) is 3.99. The monoisotopic (exact) mass is 265 g/mol. The Morgan fingerprint density at radius 1 is 1.82 bits per heavy atom. The Morgan fingerprint density at radius 2 is 2.55 bits per heavy atom. The summed E-state index contributed by atoms with van der Waals surface area (Å²) in [4.78, 5) is 10.6. The quantitative estimate of drug-likeness (QED) is 0.474. The highest BCUT2D eigenvalue weighted by atomic mass is 127. The molecule has 0 unspecified atom stereocenters. The minimum Gasteiger partial charge on any atom is -0.436 e. The number of rotatable bonds is 3. The first-order chi connectivity index (χ1) is 5.31. The molecular formula is C7H8INO2. The summed E-state index contributed by atoms with van der Waals surface area (Å²) in [6.45, 7) is 3.97. The fourth-order valence-electron chi connectivity index (χ4n) is 0.335. The standard InChI is InChI=1S/C7H8INO2/c1-2-5-9-7(10)11-6-3-4-8/h2H,1,5-6H2,(H,9,10). The van der Waals surface area contributed by atoms with Gasteiger partial charge in [0.25, 0.3) is 0 Å². The molecule has 0 atom stereocenters. The molecule has 1 N–H and O–H groups in total. The van der Waals surface area contributed by atoms with Crippen LogP contribution in [0.3, 0.4) is 0 Å². The molecule has 0 rings (SSSR count). The molecule has 1 amide bonds. The van der Waals surface area contributed by atoms with Gasteiger partial charge in [-0.1, -0.05) is 12.0 Å². The van der Waals surface area contributed by atoms with E-state index in [9.17, 15) is 4.79 Å². The van der Waals surface area contributed by atoms with Crippen molar-refractivity contribution in [3.05, 3.63) is 12.7 Å². The summed E-state index contributed by atoms with van der Waals surface area (Å²) < 4.78 is 7.18. The zero-order valence-corrected chi connectivity index (χ0v) is 8.05. The van der Waals surface area contributed by atoms with Crippen LogP contribution in [-0.2, 0) is 4.74 Å². The zero-order valence-electron chi connectivity index (χ0n) is 5.89. The van der Waals surface area contributed by atoms with Crippen molar-refractivity contribution >= 4 is 28.7 Å². The number of hydrogen-bond acceptors (Lipinski definition) is 2. The van der Waals surface area contributed by atoms with Crippen LogP contribution in [-0.4, -0.2) is 19.2 Å². The van der Waals surface area contributed by atoms with Gasteiger partial charge in [-0.2, -0.15) is 0 Å². The maximum absolute atomic E-state index is 10.6. The van der Waals surface area contributed by atoms with Gasteiger partial charge in [-0.3, -0.25) is 0 Å². The number of halogens is 1. The van der Waals surface area contributed by atoms with E-state index < -0.39 is 6.09 Å². The molecule has 0 aromatic carbocycles. The fraction of sp³-hybridized carbons (Fsp3) is 0.286. The Bertz CT molecular complexity index is 192. The van der Waals surface area contributed by atoms with Crippen LogP contribution in [0, 0.1) is 9.85 Å². The van der Waals surface area contributed by atoms with Crippen LogP contribution < -0.4 is 5.32 Å². The largest absolute Gasteiger partial charge is 0.436 e. The molecule has 11 heavy (non-hydrogen) atoms. The van der Waals surface area contributed by atoms with Crippen molar-refractivity contribution in [1.29, 1.82) is 0 Å². The maximum atomic E-state index is 10.6. The molecule has 0 fully saturated rings. The van der Waals surface area contributed by atoms with E-state index >= 15 is 0 Å². The smallest absolute Gasteiger partial charge is 0.408 e. The Hall–Kier alpha value is -0.700. The number of alkyl carbamates (subject to hydrolysis) is 1. The van der Waals surface area contributed by atoms with Crippen LogP contribution in [0.4, 0.5) is 4.79 Å². The Labute approximate surface area is 79.3 Å². The predicted octanol–water partition coefficient (Wildman–Crippen LogP) is 1.29. The summed E-state index contributed by atoms with van der Waals surface area (Å²) in [5, 5.41) is 2.44. The maximum Gasteiger partial charge on any atom is 0.408 e. The van der Waals surface area contributed by atoms with Crippen LogP contribution in [0.25, 0.3) is 0 Å². The molecule has 0 radical (unpaired) electrons. The number of ether oxygens (including phenoxy) is 1. The molecule has 0 heterocycles. The van der Waals surface area contributed by atoms with E-state index in [1.807, 2.05) is 22.6 Å². The molecule has 0 aliphatic rings. The van der Waals surface area contributed by atoms with Gasteiger partial charge in [-0.25, -0.2) is 4.79 Å². The molecular weight excluding hydrogens is 257 g/mol. The SMILES string of the molecule is C=CCNC(=O)OCC#CI. The van der Waals surface area contributed by atoms with Crippen molar-refractivity contribution in [2.45, 2.75) is 0 Å². The lowest BCUT2D eigenvalue weighted by Crippen LogP contribution is -2.24. The molecule has 0 aromatic rings. The molecule has 0 spiro atoms. The van der Waals surface area contributed by atoms with Crippen LogP contribution in [0.2, 0.25) is 0 Å². The zero-order chi connectivity index (χ0) is 8.53. The first-order valence-electron chi connectivity index (χ1n) is 2.91. The number of nitrogens with one attached hydrogen (secondary N) is 1. The van der Waals surface area contributed by atoms with Gasteiger partial charge in [-0.15, -0.1) is 6.58 Å². The molecule has 0 saturated heterocycles. The molecule has 3 nitrogen and oxygen atoms in total. The van der Waals surface area contributed by atoms with Crippen LogP contribution in [0.1, 0.15) is 0 Å². The molecule has 0 saturated carbocycles. The number of carbonyl (C=O) groups excluding carboxylic acids is 1. The van der Waals surface area contributed by atoms with Crippen molar-refractivity contribution in [3.63, 3.8) is 0 Å². The predicted molar refractivity (Wildman–Crippen MR) is 51.3 cm³/mol. The molecule has 0 aromatic heterocycles. The van der Waals surface area contributed by atoms with Crippen molar-refractivity contribution in [1.82, 2.24) is 5.32 Å². The van der Waals surface area contributed by atoms with Crippen molar-refractivity contribution in [2.75, 3.05) is 13.2 Å². The molecule has 60 valence electrons. The van der Waals surface area contributed by atoms with Crippen molar-refractivity contribution < 1.29 is 9.53 Å². The van der Waals surface area contributed by atoms with Crippen LogP contribution >= 0.6 is 22.6 Å². The fourth-order valence-corrected chi connectivity index (χ4v) is 0.491. The van der Waals surface area contributed by atoms with Gasteiger partial charge in [0.1, 0.15) is 0 Å². The van der Waals surface area contributed by atoms with Gasteiger partial charge in [0.2, 0.25) is 0 Å². The summed E-state index contributed by atoms with van der Waals surface area (Å²) in [6.07, 6.45) is 1.11. The normalized spacial score (nSPS) is 7.36. The third-order valence-electron chi connectivity index (χ3n) is 0.733. The average molecular weight is 265 g/mol. The second-order valence-corrected chi connectivity index (χ2v) is 2.06. The lowest BCUT2D eigenvalue weighted by atomic mass is 10.6. The van der Waals surface area contributed by atoms with E-state index in [1.165, 1.54) is 0 Å². The average Bonchev–Trinajstić information content (AvgIpc) is 2.01. The molecule has 4 heteroatoms. The Kier molecular flexibility index (Phi) is 6.94. The van der Waals surface area contributed by atoms with Gasteiger partial charge >= 0.3 is 6.09 Å². The summed E-state index contributed by atoms with van der Waals surface area (Å²) in [5.41, 5.74) is 0. The Balaban J connectivity index is 3.34. The summed E-state index contributed by atoms with van der Waals surface area (Å²) in [6, 6.07) is 0. The minimum absolute atomic E-state index is 0.131. The minimum atomic E-state index is -0.468. The second-order valence-electron chi connectivity index (χ2n) is 1.52. The van der Waals surface area contributed by atoms with Crippen molar-refractivity contribution in [2.24, 2.45) is 0 Å². The first kappa shape index (κ1) is 10.3. The van der Waals surface area contributed by atoms with E-state index in [-0.39, 0.29) is 6.61 Å². The van der Waals surface area contributed by atoms with E-state index in [4.69, 9.17) is 0 Å². The number of amides is 1. The highest BCUT2D eigenvalue weighted by molar-refractivity contribution is 14.1. The molecule has 0 aliphatic carbocycles. The summed E-state index contributed by atoms with van der Waals surface area (Å²) in [5.74, 6) is 2.58. The number of hydrogen-bond donors (Lipinski definition) is 1. The van der Waals surface area contributed by atoms with Gasteiger partial charge in [0.05, 0.1) is 0 Å². The number of carbonyl (C=O) groups is 1. The second kappa shape index (κ2) is 7.41. The van der Waals surface area contributed by atoms with Crippen LogP contribution in [0.5, 0.6) is 0 Å². The third-order valence-corrected chi connectivity index (χ3v) is 1.11. The van der Waals surface area contributed by atoms with Gasteiger partial charge in [0, 0.05) is 29.1 Å². The van der Waals surface area contributed by atoms with E-state index in [0.29, 0.717) is 6.54 Å². The highest BCUT2D eigenvalue weighted by Crippen LogP contribution is 1.77. The van der Waals surface area contributed by atoms with Gasteiger partial charge < -0.3 is 10.1 Å². The lowest BCUT2D eigenvalue weighted by molar-refractivity contribution is 0.161.